The highest BCUT2D eigenvalue weighted by Gasteiger charge is 2.29. The van der Waals surface area contributed by atoms with Gasteiger partial charge in [-0.3, -0.25) is 0 Å². The molecule has 1 aliphatic rings. The minimum Gasteiger partial charge on any atom is -0.383 e. The van der Waals surface area contributed by atoms with Gasteiger partial charge in [0.1, 0.15) is 0 Å². The van der Waals surface area contributed by atoms with Gasteiger partial charge in [0.15, 0.2) is 0 Å². The van der Waals surface area contributed by atoms with Crippen LogP contribution < -0.4 is 5.32 Å². The third-order valence-electron chi connectivity index (χ3n) is 1.91. The summed E-state index contributed by atoms with van der Waals surface area (Å²) in [5, 5.41) is 3.24. The Labute approximate surface area is 56.6 Å². The van der Waals surface area contributed by atoms with E-state index in [0.717, 1.165) is 12.5 Å². The zero-order valence-corrected chi connectivity index (χ0v) is 6.18. The fourth-order valence-electron chi connectivity index (χ4n) is 1.13. The highest BCUT2D eigenvalue weighted by atomic mass is 16.5. The van der Waals surface area contributed by atoms with Gasteiger partial charge in [-0.25, -0.2) is 0 Å². The van der Waals surface area contributed by atoms with Gasteiger partial charge in [0.2, 0.25) is 0 Å². The summed E-state index contributed by atoms with van der Waals surface area (Å²) in [4.78, 5) is 0. The number of methoxy groups -OCH3 is 1. The lowest BCUT2D eigenvalue weighted by molar-refractivity contribution is 0.161. The summed E-state index contributed by atoms with van der Waals surface area (Å²) < 4.78 is 5.03. The van der Waals surface area contributed by atoms with Gasteiger partial charge in [0, 0.05) is 13.2 Å². The number of nitrogens with one attached hydrogen (secondary N) is 1. The molecule has 0 aliphatic heterocycles. The van der Waals surface area contributed by atoms with Crippen LogP contribution in [0.2, 0.25) is 0 Å². The summed E-state index contributed by atoms with van der Waals surface area (Å²) in [6, 6.07) is 0.606. The van der Waals surface area contributed by atoms with Crippen molar-refractivity contribution in [1.82, 2.24) is 5.32 Å². The molecule has 1 N–H and O–H groups in total. The molecule has 1 saturated carbocycles. The predicted molar refractivity (Wildman–Crippen MR) is 37.4 cm³/mol. The second-order valence-corrected chi connectivity index (χ2v) is 2.69. The summed E-state index contributed by atoms with van der Waals surface area (Å²) in [6.45, 7) is 0.862. The van der Waals surface area contributed by atoms with E-state index in [1.807, 2.05) is 7.05 Å². The number of likely N-dealkylation sites (N-methyl/N-ethyl adjacent to an activating group) is 1. The summed E-state index contributed by atoms with van der Waals surface area (Å²) in [6.07, 6.45) is 2.77. The maximum Gasteiger partial charge on any atom is 0.0618 e. The van der Waals surface area contributed by atoms with Crippen molar-refractivity contribution in [3.63, 3.8) is 0 Å². The van der Waals surface area contributed by atoms with Gasteiger partial charge in [-0.15, -0.1) is 0 Å². The lowest BCUT2D eigenvalue weighted by atomic mass is 10.2. The molecular formula is C7H15NO. The second-order valence-electron chi connectivity index (χ2n) is 2.69. The fourth-order valence-corrected chi connectivity index (χ4v) is 1.13. The van der Waals surface area contributed by atoms with Crippen LogP contribution >= 0.6 is 0 Å². The van der Waals surface area contributed by atoms with Crippen molar-refractivity contribution < 1.29 is 4.74 Å². The van der Waals surface area contributed by atoms with Crippen LogP contribution in [0, 0.1) is 5.92 Å². The molecule has 1 rings (SSSR count). The highest BCUT2D eigenvalue weighted by Crippen LogP contribution is 2.32. The van der Waals surface area contributed by atoms with E-state index in [9.17, 15) is 0 Å². The Morgan fingerprint density at radius 2 is 2.33 bits per heavy atom. The monoisotopic (exact) mass is 129 g/mol. The molecule has 2 heteroatoms. The van der Waals surface area contributed by atoms with Crippen molar-refractivity contribution in [2.75, 3.05) is 20.8 Å². The minimum absolute atomic E-state index is 0.606. The van der Waals surface area contributed by atoms with Gasteiger partial charge in [0.25, 0.3) is 0 Å². The molecule has 1 aliphatic carbocycles. The van der Waals surface area contributed by atoms with Gasteiger partial charge in [0.05, 0.1) is 6.61 Å². The van der Waals surface area contributed by atoms with Crippen molar-refractivity contribution in [1.29, 1.82) is 0 Å². The number of hydrogen-bond donors (Lipinski definition) is 1. The second kappa shape index (κ2) is 3.18. The smallest absolute Gasteiger partial charge is 0.0618 e. The van der Waals surface area contributed by atoms with E-state index in [4.69, 9.17) is 4.74 Å². The average molecular weight is 129 g/mol. The first-order valence-corrected chi connectivity index (χ1v) is 3.54. The Morgan fingerprint density at radius 3 is 2.67 bits per heavy atom. The molecule has 0 aromatic rings. The Kier molecular flexibility index (Phi) is 2.49. The van der Waals surface area contributed by atoms with Crippen molar-refractivity contribution in [3.05, 3.63) is 0 Å². The minimum atomic E-state index is 0.606. The van der Waals surface area contributed by atoms with Crippen LogP contribution in [0.15, 0.2) is 0 Å². The maximum atomic E-state index is 5.03. The van der Waals surface area contributed by atoms with E-state index in [0.29, 0.717) is 6.04 Å². The molecule has 2 nitrogen and oxygen atoms in total. The standard InChI is InChI=1S/C7H15NO/c1-8-7(5-9-2)6-3-4-6/h6-8H,3-5H2,1-2H3. The normalized spacial score (nSPS) is 22.0. The lowest BCUT2D eigenvalue weighted by Gasteiger charge is -2.12. The average Bonchev–Trinajstić information content (AvgIpc) is 2.64. The van der Waals surface area contributed by atoms with E-state index in [2.05, 4.69) is 5.32 Å². The SMILES string of the molecule is CNC(COC)C1CC1. The Morgan fingerprint density at radius 1 is 1.67 bits per heavy atom. The van der Waals surface area contributed by atoms with Crippen molar-refractivity contribution in [3.8, 4) is 0 Å². The molecule has 9 heavy (non-hydrogen) atoms. The summed E-state index contributed by atoms with van der Waals surface area (Å²) in [7, 11) is 3.76. The van der Waals surface area contributed by atoms with Crippen LogP contribution in [0.4, 0.5) is 0 Å². The van der Waals surface area contributed by atoms with Crippen LogP contribution in [0.1, 0.15) is 12.8 Å². The van der Waals surface area contributed by atoms with Crippen molar-refractivity contribution in [2.45, 2.75) is 18.9 Å². The first-order valence-electron chi connectivity index (χ1n) is 3.54. The molecule has 0 radical (unpaired) electrons. The fraction of sp³-hybridized carbons (Fsp3) is 1.00. The van der Waals surface area contributed by atoms with Gasteiger partial charge in [-0.1, -0.05) is 0 Å². The lowest BCUT2D eigenvalue weighted by Crippen LogP contribution is -2.31. The molecule has 1 atom stereocenters. The van der Waals surface area contributed by atoms with Crippen LogP contribution in [0.3, 0.4) is 0 Å². The highest BCUT2D eigenvalue weighted by molar-refractivity contribution is 4.84. The summed E-state index contributed by atoms with van der Waals surface area (Å²) in [5.41, 5.74) is 0. The molecule has 1 unspecified atom stereocenters. The zero-order chi connectivity index (χ0) is 6.69. The predicted octanol–water partition coefficient (Wildman–Crippen LogP) is 0.631. The summed E-state index contributed by atoms with van der Waals surface area (Å²) >= 11 is 0. The molecule has 54 valence electrons. The number of hydrogen-bond acceptors (Lipinski definition) is 2. The zero-order valence-electron chi connectivity index (χ0n) is 6.18. The largest absolute Gasteiger partial charge is 0.383 e. The van der Waals surface area contributed by atoms with Gasteiger partial charge in [-0.05, 0) is 25.8 Å². The van der Waals surface area contributed by atoms with E-state index in [1.165, 1.54) is 12.8 Å². The van der Waals surface area contributed by atoms with Crippen molar-refractivity contribution >= 4 is 0 Å². The molecule has 1 fully saturated rings. The van der Waals surface area contributed by atoms with E-state index >= 15 is 0 Å². The third kappa shape index (κ3) is 1.95. The Hall–Kier alpha value is -0.0800. The first-order chi connectivity index (χ1) is 4.38. The number of ether oxygens (including phenoxy) is 1. The topological polar surface area (TPSA) is 21.3 Å². The van der Waals surface area contributed by atoms with E-state index in [1.54, 1.807) is 7.11 Å². The van der Waals surface area contributed by atoms with Crippen molar-refractivity contribution in [2.24, 2.45) is 5.92 Å². The van der Waals surface area contributed by atoms with E-state index < -0.39 is 0 Å². The molecule has 0 aromatic heterocycles. The molecule has 0 amide bonds. The molecule has 0 bridgehead atoms. The van der Waals surface area contributed by atoms with Gasteiger partial charge >= 0.3 is 0 Å². The quantitative estimate of drug-likeness (QED) is 0.601. The number of rotatable bonds is 4. The summed E-state index contributed by atoms with van der Waals surface area (Å²) in [5.74, 6) is 0.898. The molecule has 0 saturated heterocycles. The van der Waals surface area contributed by atoms with Crippen LogP contribution in [0.25, 0.3) is 0 Å². The Balaban J connectivity index is 2.12. The van der Waals surface area contributed by atoms with Crippen LogP contribution in [-0.4, -0.2) is 26.8 Å². The Bertz CT molecular complexity index is 81.0. The van der Waals surface area contributed by atoms with Crippen LogP contribution in [-0.2, 0) is 4.74 Å². The molecule has 0 spiro atoms. The molecule has 0 aromatic carbocycles. The molecule has 0 heterocycles. The maximum absolute atomic E-state index is 5.03. The first kappa shape index (κ1) is 7.03. The third-order valence-corrected chi connectivity index (χ3v) is 1.91. The molecular weight excluding hydrogens is 114 g/mol. The van der Waals surface area contributed by atoms with E-state index in [-0.39, 0.29) is 0 Å². The van der Waals surface area contributed by atoms with Gasteiger partial charge in [-0.2, -0.15) is 0 Å². The van der Waals surface area contributed by atoms with Gasteiger partial charge < -0.3 is 10.1 Å². The van der Waals surface area contributed by atoms with Crippen LogP contribution in [0.5, 0.6) is 0 Å².